The molecule has 4 aromatic rings. The summed E-state index contributed by atoms with van der Waals surface area (Å²) in [6.07, 6.45) is 3.78. The fourth-order valence-electron chi connectivity index (χ4n) is 5.49. The van der Waals surface area contributed by atoms with Crippen LogP contribution in [0.3, 0.4) is 0 Å². The van der Waals surface area contributed by atoms with Gasteiger partial charge in [-0.2, -0.15) is 4.31 Å². The molecule has 6 rings (SSSR count). The number of amides is 1. The number of quaternary nitrogens is 1. The van der Waals surface area contributed by atoms with Gasteiger partial charge >= 0.3 is 0 Å². The molecule has 7 nitrogen and oxygen atoms in total. The third-order valence-electron chi connectivity index (χ3n) is 7.80. The largest absolute Gasteiger partial charge is 0.328 e. The Hall–Kier alpha value is -2.63. The van der Waals surface area contributed by atoms with Crippen LogP contribution < -0.4 is 10.2 Å². The topological polar surface area (TPSA) is 83.8 Å². The zero-order valence-electron chi connectivity index (χ0n) is 22.2. The highest BCUT2D eigenvalue weighted by molar-refractivity contribution is 7.89. The number of nitrogens with zero attached hydrogens (tertiary/aromatic N) is 2. The van der Waals surface area contributed by atoms with Gasteiger partial charge in [0.15, 0.2) is 0 Å². The Morgan fingerprint density at radius 1 is 1.03 bits per heavy atom. The highest BCUT2D eigenvalue weighted by Gasteiger charge is 2.31. The predicted octanol–water partition coefficient (Wildman–Crippen LogP) is 4.80. The van der Waals surface area contributed by atoms with Crippen LogP contribution in [-0.2, 0) is 23.0 Å². The summed E-state index contributed by atoms with van der Waals surface area (Å²) in [5.74, 6) is -0.244. The van der Waals surface area contributed by atoms with Crippen LogP contribution in [0.5, 0.6) is 0 Å². The predicted molar refractivity (Wildman–Crippen MR) is 158 cm³/mol. The average Bonchev–Trinajstić information content (AvgIpc) is 3.53. The summed E-state index contributed by atoms with van der Waals surface area (Å²) in [4.78, 5) is 21.5. The standard InChI is InChI=1S/C29H32N4O3S3/c1-19(2)32-17-14-22-25(18-32)38-29(26(22)28-30-23-8-4-5-9-24(23)37-28)31-27(34)20-10-12-21(13-11-20)39(35,36)33-15-6-3-7-16-33/h4-5,8-13,19H,3,6-7,14-18H2,1-2H3,(H,31,34)/p+1. The Balaban J connectivity index is 1.31. The normalized spacial score (nSPS) is 18.4. The summed E-state index contributed by atoms with van der Waals surface area (Å²) in [5.41, 5.74) is 3.73. The monoisotopic (exact) mass is 581 g/mol. The highest BCUT2D eigenvalue weighted by atomic mass is 32.2. The van der Waals surface area contributed by atoms with Gasteiger partial charge < -0.3 is 10.2 Å². The molecule has 0 bridgehead atoms. The maximum Gasteiger partial charge on any atom is 0.256 e. The van der Waals surface area contributed by atoms with Crippen LogP contribution in [0.4, 0.5) is 5.00 Å². The molecule has 0 aliphatic carbocycles. The molecule has 1 atom stereocenters. The maximum absolute atomic E-state index is 13.4. The first-order valence-corrected chi connectivity index (χ1v) is 16.6. The molecule has 2 aliphatic rings. The van der Waals surface area contributed by atoms with Crippen LogP contribution in [0.25, 0.3) is 20.8 Å². The van der Waals surface area contributed by atoms with E-state index in [0.29, 0.717) is 24.7 Å². The van der Waals surface area contributed by atoms with E-state index in [1.54, 1.807) is 56.1 Å². The van der Waals surface area contributed by atoms with Crippen molar-refractivity contribution in [1.82, 2.24) is 9.29 Å². The van der Waals surface area contributed by atoms with Crippen LogP contribution in [0.15, 0.2) is 53.4 Å². The smallest absolute Gasteiger partial charge is 0.256 e. The second kappa shape index (κ2) is 10.7. The average molecular weight is 582 g/mol. The second-order valence-corrected chi connectivity index (χ2v) is 14.7. The Bertz CT molecular complexity index is 1580. The number of thiazole rings is 1. The van der Waals surface area contributed by atoms with Gasteiger partial charge in [0.2, 0.25) is 10.0 Å². The molecule has 10 heteroatoms. The van der Waals surface area contributed by atoms with Gasteiger partial charge in [-0.3, -0.25) is 4.79 Å². The molecule has 0 radical (unpaired) electrons. The Morgan fingerprint density at radius 2 is 1.77 bits per heavy atom. The van der Waals surface area contributed by atoms with E-state index in [9.17, 15) is 13.2 Å². The number of piperidine rings is 1. The Labute approximate surface area is 237 Å². The molecule has 2 N–H and O–H groups in total. The quantitative estimate of drug-likeness (QED) is 0.343. The number of aromatic nitrogens is 1. The minimum Gasteiger partial charge on any atom is -0.328 e. The van der Waals surface area contributed by atoms with E-state index in [0.717, 1.165) is 64.6 Å². The molecule has 2 aliphatic heterocycles. The van der Waals surface area contributed by atoms with E-state index < -0.39 is 10.0 Å². The molecule has 39 heavy (non-hydrogen) atoms. The summed E-state index contributed by atoms with van der Waals surface area (Å²) < 4.78 is 28.8. The van der Waals surface area contributed by atoms with Gasteiger partial charge in [0.25, 0.3) is 5.91 Å². The zero-order valence-corrected chi connectivity index (χ0v) is 24.6. The third kappa shape index (κ3) is 5.16. The van der Waals surface area contributed by atoms with Crippen LogP contribution in [0.1, 0.15) is 53.9 Å². The van der Waals surface area contributed by atoms with E-state index in [2.05, 4.69) is 25.2 Å². The number of para-hydroxylation sites is 1. The van der Waals surface area contributed by atoms with Crippen molar-refractivity contribution in [3.63, 3.8) is 0 Å². The second-order valence-electron chi connectivity index (χ2n) is 10.6. The number of hydrogen-bond acceptors (Lipinski definition) is 6. The van der Waals surface area contributed by atoms with Gasteiger partial charge in [0.05, 0.1) is 32.6 Å². The van der Waals surface area contributed by atoms with Gasteiger partial charge in [-0.15, -0.1) is 22.7 Å². The molecular formula is C29H33N4O3S3+. The van der Waals surface area contributed by atoms with Crippen molar-refractivity contribution in [3.05, 3.63) is 64.5 Å². The van der Waals surface area contributed by atoms with Crippen LogP contribution in [0, 0.1) is 0 Å². The number of sulfonamides is 1. The minimum atomic E-state index is -3.54. The molecule has 1 saturated heterocycles. The minimum absolute atomic E-state index is 0.236. The lowest BCUT2D eigenvalue weighted by molar-refractivity contribution is -0.936. The fraction of sp³-hybridized carbons (Fsp3) is 0.379. The van der Waals surface area contributed by atoms with Crippen LogP contribution >= 0.6 is 22.7 Å². The number of benzene rings is 2. The first-order chi connectivity index (χ1) is 18.8. The van der Waals surface area contributed by atoms with Crippen LogP contribution in [-0.4, -0.2) is 49.3 Å². The van der Waals surface area contributed by atoms with E-state index in [4.69, 9.17) is 4.98 Å². The lowest BCUT2D eigenvalue weighted by Gasteiger charge is -2.27. The SMILES string of the molecule is CC(C)[NH+]1CCc2c(sc(NC(=O)c3ccc(S(=O)(=O)N4CCCCC4)cc3)c2-c2nc3ccccc3s2)C1. The molecule has 1 fully saturated rings. The molecular weight excluding hydrogens is 549 g/mol. The number of carbonyl (C=O) groups is 1. The fourth-order valence-corrected chi connectivity index (χ4v) is 9.42. The van der Waals surface area contributed by atoms with E-state index >= 15 is 0 Å². The molecule has 2 aromatic heterocycles. The third-order valence-corrected chi connectivity index (χ3v) is 11.9. The van der Waals surface area contributed by atoms with Crippen molar-refractivity contribution in [1.29, 1.82) is 0 Å². The van der Waals surface area contributed by atoms with Crippen molar-refractivity contribution in [2.75, 3.05) is 25.0 Å². The van der Waals surface area contributed by atoms with E-state index in [1.807, 2.05) is 18.2 Å². The van der Waals surface area contributed by atoms with Crippen molar-refractivity contribution >= 4 is 53.8 Å². The zero-order chi connectivity index (χ0) is 27.1. The maximum atomic E-state index is 13.4. The molecule has 2 aromatic carbocycles. The molecule has 0 spiro atoms. The number of carbonyl (C=O) groups excluding carboxylic acids is 1. The first kappa shape index (κ1) is 26.6. The van der Waals surface area contributed by atoms with Gasteiger partial charge in [0.1, 0.15) is 16.6 Å². The van der Waals surface area contributed by atoms with Gasteiger partial charge in [-0.05, 0) is 68.7 Å². The van der Waals surface area contributed by atoms with Crippen molar-refractivity contribution < 1.29 is 18.1 Å². The number of fused-ring (bicyclic) bond motifs is 2. The van der Waals surface area contributed by atoms with Crippen LogP contribution in [0.2, 0.25) is 0 Å². The van der Waals surface area contributed by atoms with Crippen molar-refractivity contribution in [2.45, 2.75) is 57.0 Å². The number of anilines is 1. The molecule has 204 valence electrons. The van der Waals surface area contributed by atoms with E-state index in [1.165, 1.54) is 10.4 Å². The molecule has 4 heterocycles. The highest BCUT2D eigenvalue weighted by Crippen LogP contribution is 2.44. The Kier molecular flexibility index (Phi) is 7.32. The van der Waals surface area contributed by atoms with E-state index in [-0.39, 0.29) is 10.8 Å². The number of hydrogen-bond donors (Lipinski definition) is 2. The summed E-state index contributed by atoms with van der Waals surface area (Å²) in [7, 11) is -3.54. The number of nitrogens with one attached hydrogen (secondary N) is 2. The van der Waals surface area contributed by atoms with Gasteiger partial charge in [0, 0.05) is 30.6 Å². The lowest BCUT2D eigenvalue weighted by Crippen LogP contribution is -3.14. The number of thiophene rings is 1. The van der Waals surface area contributed by atoms with Crippen molar-refractivity contribution in [3.8, 4) is 10.6 Å². The Morgan fingerprint density at radius 3 is 2.49 bits per heavy atom. The summed E-state index contributed by atoms with van der Waals surface area (Å²) >= 11 is 3.30. The summed E-state index contributed by atoms with van der Waals surface area (Å²) in [5, 5.41) is 4.92. The molecule has 1 unspecified atom stereocenters. The number of rotatable bonds is 6. The summed E-state index contributed by atoms with van der Waals surface area (Å²) in [6, 6.07) is 15.0. The van der Waals surface area contributed by atoms with Gasteiger partial charge in [-0.1, -0.05) is 18.6 Å². The summed E-state index contributed by atoms with van der Waals surface area (Å²) in [6.45, 7) is 7.60. The lowest BCUT2D eigenvalue weighted by atomic mass is 10.0. The van der Waals surface area contributed by atoms with Crippen molar-refractivity contribution in [2.24, 2.45) is 0 Å². The first-order valence-electron chi connectivity index (χ1n) is 13.6. The van der Waals surface area contributed by atoms with Gasteiger partial charge in [-0.25, -0.2) is 13.4 Å². The molecule has 0 saturated carbocycles. The molecule has 1 amide bonds.